The quantitative estimate of drug-likeness (QED) is 0.838. The summed E-state index contributed by atoms with van der Waals surface area (Å²) in [5.74, 6) is -0.0466. The van der Waals surface area contributed by atoms with Crippen molar-refractivity contribution in [2.75, 3.05) is 13.1 Å². The molecule has 0 unspecified atom stereocenters. The van der Waals surface area contributed by atoms with Gasteiger partial charge < -0.3 is 5.32 Å². The third kappa shape index (κ3) is 4.54. The van der Waals surface area contributed by atoms with Gasteiger partial charge in [-0.1, -0.05) is 36.0 Å². The molecule has 2 aliphatic rings. The molecular weight excluding hydrogens is 355 g/mol. The van der Waals surface area contributed by atoms with Crippen LogP contribution in [-0.4, -0.2) is 36.0 Å². The molecule has 23 heavy (non-hydrogen) atoms. The molecule has 1 aliphatic carbocycles. The number of carbonyl (C=O) groups excluding carboxylic acids is 1. The van der Waals surface area contributed by atoms with Crippen molar-refractivity contribution in [3.05, 3.63) is 33.8 Å². The van der Waals surface area contributed by atoms with Gasteiger partial charge in [-0.05, 0) is 57.0 Å². The Labute approximate surface area is 154 Å². The Bertz CT molecular complexity index is 547. The number of hydrogen-bond acceptors (Lipinski definition) is 2. The number of likely N-dealkylation sites (tertiary alicyclic amines) is 1. The zero-order chi connectivity index (χ0) is 15.5. The summed E-state index contributed by atoms with van der Waals surface area (Å²) in [6.07, 6.45) is 7.27. The van der Waals surface area contributed by atoms with Gasteiger partial charge in [0, 0.05) is 17.6 Å². The first kappa shape index (κ1) is 18.9. The van der Waals surface area contributed by atoms with Crippen LogP contribution < -0.4 is 5.32 Å². The summed E-state index contributed by atoms with van der Waals surface area (Å²) in [4.78, 5) is 15.1. The lowest BCUT2D eigenvalue weighted by molar-refractivity contribution is 0.0862. The molecule has 1 heterocycles. The predicted molar refractivity (Wildman–Crippen MR) is 98.0 cm³/mol. The van der Waals surface area contributed by atoms with Crippen LogP contribution in [0.1, 0.15) is 48.9 Å². The van der Waals surface area contributed by atoms with Crippen LogP contribution in [0.3, 0.4) is 0 Å². The molecule has 6 heteroatoms. The van der Waals surface area contributed by atoms with Crippen molar-refractivity contribution >= 4 is 41.5 Å². The Kier molecular flexibility index (Phi) is 7.02. The van der Waals surface area contributed by atoms with Crippen molar-refractivity contribution in [2.45, 2.75) is 50.6 Å². The number of nitrogens with one attached hydrogen (secondary N) is 1. The molecular formula is C17H23Cl3N2O. The van der Waals surface area contributed by atoms with Gasteiger partial charge in [-0.3, -0.25) is 9.69 Å². The van der Waals surface area contributed by atoms with E-state index in [1.807, 2.05) is 0 Å². The zero-order valence-corrected chi connectivity index (χ0v) is 15.4. The third-order valence-corrected chi connectivity index (χ3v) is 5.58. The Morgan fingerprint density at radius 3 is 2.43 bits per heavy atom. The van der Waals surface area contributed by atoms with Gasteiger partial charge in [-0.15, -0.1) is 12.4 Å². The molecule has 0 spiro atoms. The number of benzene rings is 1. The van der Waals surface area contributed by atoms with E-state index >= 15 is 0 Å². The van der Waals surface area contributed by atoms with Gasteiger partial charge in [0.2, 0.25) is 0 Å². The van der Waals surface area contributed by atoms with Crippen molar-refractivity contribution in [1.29, 1.82) is 0 Å². The minimum atomic E-state index is -0.0466. The van der Waals surface area contributed by atoms with E-state index in [0.717, 1.165) is 6.42 Å². The molecule has 2 atom stereocenters. The van der Waals surface area contributed by atoms with Crippen LogP contribution in [0.4, 0.5) is 0 Å². The summed E-state index contributed by atoms with van der Waals surface area (Å²) in [6, 6.07) is 5.79. The smallest absolute Gasteiger partial charge is 0.251 e. The van der Waals surface area contributed by atoms with Crippen molar-refractivity contribution in [3.8, 4) is 0 Å². The normalized spacial score (nSPS) is 25.0. The Hall–Kier alpha value is -0.480. The highest BCUT2D eigenvalue weighted by Gasteiger charge is 2.32. The first-order valence-electron chi connectivity index (χ1n) is 8.15. The molecule has 1 aliphatic heterocycles. The highest BCUT2D eigenvalue weighted by atomic mass is 35.5. The second-order valence-corrected chi connectivity index (χ2v) is 7.12. The Morgan fingerprint density at radius 2 is 1.74 bits per heavy atom. The molecule has 1 saturated carbocycles. The second-order valence-electron chi connectivity index (χ2n) is 6.30. The molecule has 2 fully saturated rings. The summed E-state index contributed by atoms with van der Waals surface area (Å²) in [5, 5.41) is 4.13. The maximum Gasteiger partial charge on any atom is 0.251 e. The number of rotatable bonds is 3. The molecule has 3 nitrogen and oxygen atoms in total. The fourth-order valence-corrected chi connectivity index (χ4v) is 3.98. The van der Waals surface area contributed by atoms with E-state index in [-0.39, 0.29) is 24.4 Å². The minimum Gasteiger partial charge on any atom is -0.348 e. The number of amides is 1. The van der Waals surface area contributed by atoms with E-state index in [9.17, 15) is 4.79 Å². The molecule has 0 radical (unpaired) electrons. The Balaban J connectivity index is 0.00000192. The van der Waals surface area contributed by atoms with Crippen LogP contribution in [0.2, 0.25) is 10.0 Å². The molecule has 0 aromatic heterocycles. The summed E-state index contributed by atoms with van der Waals surface area (Å²) >= 11 is 11.9. The van der Waals surface area contributed by atoms with Crippen LogP contribution in [0, 0.1) is 0 Å². The first-order valence-corrected chi connectivity index (χ1v) is 8.91. The average Bonchev–Trinajstić information content (AvgIpc) is 3.04. The van der Waals surface area contributed by atoms with Gasteiger partial charge in [0.1, 0.15) is 0 Å². The van der Waals surface area contributed by atoms with Crippen LogP contribution in [0.15, 0.2) is 18.2 Å². The van der Waals surface area contributed by atoms with Crippen molar-refractivity contribution < 1.29 is 4.79 Å². The molecule has 1 aromatic carbocycles. The molecule has 128 valence electrons. The number of halogens is 3. The predicted octanol–water partition coefficient (Wildman–Crippen LogP) is 4.55. The van der Waals surface area contributed by atoms with E-state index in [1.165, 1.54) is 45.2 Å². The van der Waals surface area contributed by atoms with Gasteiger partial charge >= 0.3 is 0 Å². The van der Waals surface area contributed by atoms with Crippen molar-refractivity contribution in [3.63, 3.8) is 0 Å². The highest BCUT2D eigenvalue weighted by Crippen LogP contribution is 2.27. The summed E-state index contributed by atoms with van der Waals surface area (Å²) in [5.41, 5.74) is 0.583. The van der Waals surface area contributed by atoms with Gasteiger partial charge in [0.15, 0.2) is 0 Å². The summed E-state index contributed by atoms with van der Waals surface area (Å²) in [6.45, 7) is 2.34. The van der Waals surface area contributed by atoms with E-state index in [1.54, 1.807) is 18.2 Å². The average molecular weight is 378 g/mol. The fraction of sp³-hybridized carbons (Fsp3) is 0.588. The van der Waals surface area contributed by atoms with Crippen molar-refractivity contribution in [1.82, 2.24) is 10.2 Å². The number of hydrogen-bond donors (Lipinski definition) is 1. The molecule has 1 saturated heterocycles. The van der Waals surface area contributed by atoms with Gasteiger partial charge in [-0.25, -0.2) is 0 Å². The fourth-order valence-electron chi connectivity index (χ4n) is 3.68. The molecule has 0 bridgehead atoms. The number of carbonyl (C=O) groups is 1. The minimum absolute atomic E-state index is 0. The Morgan fingerprint density at radius 1 is 1.04 bits per heavy atom. The SMILES string of the molecule is Cl.O=C(N[C@@H]1CCCC[C@@H]1N1CCCC1)c1ccc(Cl)c(Cl)c1. The van der Waals surface area contributed by atoms with E-state index in [0.29, 0.717) is 21.7 Å². The lowest BCUT2D eigenvalue weighted by Gasteiger charge is -2.38. The van der Waals surface area contributed by atoms with Gasteiger partial charge in [0.05, 0.1) is 10.0 Å². The molecule has 1 aromatic rings. The van der Waals surface area contributed by atoms with Gasteiger partial charge in [-0.2, -0.15) is 0 Å². The van der Waals surface area contributed by atoms with Gasteiger partial charge in [0.25, 0.3) is 5.91 Å². The van der Waals surface area contributed by atoms with Crippen LogP contribution in [0.5, 0.6) is 0 Å². The van der Waals surface area contributed by atoms with E-state index in [4.69, 9.17) is 23.2 Å². The van der Waals surface area contributed by atoms with Crippen LogP contribution in [-0.2, 0) is 0 Å². The summed E-state index contributed by atoms with van der Waals surface area (Å²) in [7, 11) is 0. The molecule has 3 rings (SSSR count). The maximum atomic E-state index is 12.5. The summed E-state index contributed by atoms with van der Waals surface area (Å²) < 4.78 is 0. The largest absolute Gasteiger partial charge is 0.348 e. The number of nitrogens with zero attached hydrogens (tertiary/aromatic N) is 1. The first-order chi connectivity index (χ1) is 10.6. The van der Waals surface area contributed by atoms with Crippen LogP contribution >= 0.6 is 35.6 Å². The monoisotopic (exact) mass is 376 g/mol. The molecule has 1 N–H and O–H groups in total. The van der Waals surface area contributed by atoms with Crippen LogP contribution in [0.25, 0.3) is 0 Å². The van der Waals surface area contributed by atoms with Crippen molar-refractivity contribution in [2.24, 2.45) is 0 Å². The topological polar surface area (TPSA) is 32.3 Å². The zero-order valence-electron chi connectivity index (χ0n) is 13.1. The standard InChI is InChI=1S/C17H22Cl2N2O.ClH/c18-13-8-7-12(11-14(13)19)17(22)20-15-5-1-2-6-16(15)21-9-3-4-10-21;/h7-8,11,15-16H,1-6,9-10H2,(H,20,22);1H/t15-,16+;/m1./s1. The lowest BCUT2D eigenvalue weighted by Crippen LogP contribution is -2.52. The molecule has 1 amide bonds. The second kappa shape index (κ2) is 8.57. The van der Waals surface area contributed by atoms with E-state index in [2.05, 4.69) is 10.2 Å². The third-order valence-electron chi connectivity index (χ3n) is 4.84. The highest BCUT2D eigenvalue weighted by molar-refractivity contribution is 6.42. The maximum absolute atomic E-state index is 12.5. The lowest BCUT2D eigenvalue weighted by atomic mass is 9.89. The van der Waals surface area contributed by atoms with E-state index < -0.39 is 0 Å².